The lowest BCUT2D eigenvalue weighted by atomic mass is 10.2. The number of nitro benzene ring substituents is 1. The molecule has 3 aromatic carbocycles. The number of para-hydroxylation sites is 1. The van der Waals surface area contributed by atoms with Crippen LogP contribution in [0.3, 0.4) is 0 Å². The number of halogens is 2. The standard InChI is InChI=1S/C26H20Cl2N6O5/c27-17-9-12-19(21(28)14-17)26(37)33-22-5-2-1-4-20(22)24(32-33)25(36)29-13-3-6-23(35)31-30-15-16-7-10-18(11-8-16)34(38)39/h1-2,4-5,7-12,14-15H,3,6,13H2,(H,29,36)(H,31,35)/b30-15+. The highest BCUT2D eigenvalue weighted by molar-refractivity contribution is 6.37. The molecule has 0 spiro atoms. The first-order chi connectivity index (χ1) is 18.7. The molecule has 1 heterocycles. The van der Waals surface area contributed by atoms with Crippen LogP contribution in [0.25, 0.3) is 10.9 Å². The van der Waals surface area contributed by atoms with Crippen molar-refractivity contribution in [2.75, 3.05) is 6.54 Å². The predicted octanol–water partition coefficient (Wildman–Crippen LogP) is 4.60. The van der Waals surface area contributed by atoms with E-state index in [1.807, 2.05) is 0 Å². The minimum absolute atomic E-state index is 0.0458. The number of hydrazone groups is 1. The minimum atomic E-state index is -0.516. The largest absolute Gasteiger partial charge is 0.351 e. The molecule has 11 nitrogen and oxygen atoms in total. The second kappa shape index (κ2) is 12.3. The molecule has 0 aliphatic heterocycles. The molecule has 2 N–H and O–H groups in total. The minimum Gasteiger partial charge on any atom is -0.351 e. The zero-order valence-electron chi connectivity index (χ0n) is 20.1. The molecule has 0 aliphatic carbocycles. The Bertz CT molecular complexity index is 1600. The van der Waals surface area contributed by atoms with Crippen LogP contribution < -0.4 is 10.7 Å². The monoisotopic (exact) mass is 566 g/mol. The molecule has 0 atom stereocenters. The highest BCUT2D eigenvalue weighted by Gasteiger charge is 2.22. The Balaban J connectivity index is 1.33. The lowest BCUT2D eigenvalue weighted by molar-refractivity contribution is -0.384. The highest BCUT2D eigenvalue weighted by Crippen LogP contribution is 2.25. The van der Waals surface area contributed by atoms with Gasteiger partial charge < -0.3 is 5.32 Å². The van der Waals surface area contributed by atoms with Crippen LogP contribution in [-0.4, -0.2) is 45.2 Å². The van der Waals surface area contributed by atoms with E-state index in [4.69, 9.17) is 23.2 Å². The molecule has 1 aromatic heterocycles. The van der Waals surface area contributed by atoms with Gasteiger partial charge >= 0.3 is 0 Å². The van der Waals surface area contributed by atoms with Crippen molar-refractivity contribution < 1.29 is 19.3 Å². The van der Waals surface area contributed by atoms with Crippen molar-refractivity contribution in [3.05, 3.63) is 104 Å². The fourth-order valence-corrected chi connectivity index (χ4v) is 4.11. The van der Waals surface area contributed by atoms with Crippen LogP contribution >= 0.6 is 23.2 Å². The molecule has 0 saturated heterocycles. The van der Waals surface area contributed by atoms with E-state index in [2.05, 4.69) is 20.9 Å². The Morgan fingerprint density at radius 2 is 1.79 bits per heavy atom. The number of carbonyl (C=O) groups excluding carboxylic acids is 3. The first-order valence-corrected chi connectivity index (χ1v) is 12.3. The summed E-state index contributed by atoms with van der Waals surface area (Å²) in [5.74, 6) is -1.39. The number of nitrogens with one attached hydrogen (secondary N) is 2. The molecule has 198 valence electrons. The number of non-ortho nitro benzene ring substituents is 1. The molecular weight excluding hydrogens is 547 g/mol. The molecule has 13 heteroatoms. The van der Waals surface area contributed by atoms with E-state index in [0.29, 0.717) is 27.9 Å². The van der Waals surface area contributed by atoms with Gasteiger partial charge in [-0.15, -0.1) is 0 Å². The smallest absolute Gasteiger partial charge is 0.280 e. The molecule has 4 aromatic rings. The maximum atomic E-state index is 13.1. The Hall–Kier alpha value is -4.61. The first-order valence-electron chi connectivity index (χ1n) is 11.6. The highest BCUT2D eigenvalue weighted by atomic mass is 35.5. The van der Waals surface area contributed by atoms with Gasteiger partial charge in [0.2, 0.25) is 5.91 Å². The topological polar surface area (TPSA) is 149 Å². The third-order valence-corrected chi connectivity index (χ3v) is 6.08. The molecule has 4 rings (SSSR count). The summed E-state index contributed by atoms with van der Waals surface area (Å²) >= 11 is 12.1. The van der Waals surface area contributed by atoms with E-state index >= 15 is 0 Å². The van der Waals surface area contributed by atoms with Crippen molar-refractivity contribution in [3.63, 3.8) is 0 Å². The van der Waals surface area contributed by atoms with Gasteiger partial charge in [-0.05, 0) is 48.4 Å². The van der Waals surface area contributed by atoms with E-state index < -0.39 is 16.7 Å². The number of nitrogens with zero attached hydrogens (tertiary/aromatic N) is 4. The average Bonchev–Trinajstić information content (AvgIpc) is 3.31. The number of amides is 2. The lowest BCUT2D eigenvalue weighted by Crippen LogP contribution is -2.27. The fourth-order valence-electron chi connectivity index (χ4n) is 3.62. The molecular formula is C26H20Cl2N6O5. The summed E-state index contributed by atoms with van der Waals surface area (Å²) in [6, 6.07) is 17.0. The van der Waals surface area contributed by atoms with Gasteiger partial charge in [-0.2, -0.15) is 14.9 Å². The normalized spacial score (nSPS) is 11.0. The van der Waals surface area contributed by atoms with Crippen LogP contribution in [0.2, 0.25) is 10.0 Å². The lowest BCUT2D eigenvalue weighted by Gasteiger charge is -2.05. The molecule has 39 heavy (non-hydrogen) atoms. The number of nitro groups is 1. The molecule has 0 bridgehead atoms. The quantitative estimate of drug-likeness (QED) is 0.131. The van der Waals surface area contributed by atoms with Gasteiger partial charge in [-0.25, -0.2) is 5.43 Å². The van der Waals surface area contributed by atoms with Crippen LogP contribution in [0.15, 0.2) is 71.8 Å². The van der Waals surface area contributed by atoms with Gasteiger partial charge in [-0.1, -0.05) is 41.4 Å². The molecule has 2 amide bonds. The fraction of sp³-hybridized carbons (Fsp3) is 0.115. The Morgan fingerprint density at radius 3 is 2.51 bits per heavy atom. The SMILES string of the molecule is O=C(CCCNC(=O)c1nn(C(=O)c2ccc(Cl)cc2Cl)c2ccccc12)N/N=C/c1ccc([N+](=O)[O-])cc1. The van der Waals surface area contributed by atoms with Gasteiger partial charge in [0.05, 0.1) is 27.2 Å². The van der Waals surface area contributed by atoms with Crippen molar-refractivity contribution in [2.24, 2.45) is 5.10 Å². The summed E-state index contributed by atoms with van der Waals surface area (Å²) in [5.41, 5.74) is 3.57. The van der Waals surface area contributed by atoms with E-state index in [1.54, 1.807) is 24.3 Å². The predicted molar refractivity (Wildman–Crippen MR) is 146 cm³/mol. The molecule has 0 unspecified atom stereocenters. The maximum absolute atomic E-state index is 13.1. The molecule has 0 aliphatic rings. The Labute approximate surface area is 231 Å². The first kappa shape index (κ1) is 27.4. The van der Waals surface area contributed by atoms with Crippen LogP contribution in [0, 0.1) is 10.1 Å². The van der Waals surface area contributed by atoms with Gasteiger partial charge in [0.15, 0.2) is 5.69 Å². The number of rotatable bonds is 9. The van der Waals surface area contributed by atoms with Gasteiger partial charge in [-0.3, -0.25) is 24.5 Å². The summed E-state index contributed by atoms with van der Waals surface area (Å²) < 4.78 is 1.12. The summed E-state index contributed by atoms with van der Waals surface area (Å²) in [7, 11) is 0. The summed E-state index contributed by atoms with van der Waals surface area (Å²) in [6.07, 6.45) is 1.77. The third-order valence-electron chi connectivity index (χ3n) is 5.53. The van der Waals surface area contributed by atoms with E-state index in [-0.39, 0.29) is 40.8 Å². The van der Waals surface area contributed by atoms with Crippen LogP contribution in [0.1, 0.15) is 39.3 Å². The van der Waals surface area contributed by atoms with E-state index in [9.17, 15) is 24.5 Å². The van der Waals surface area contributed by atoms with Gasteiger partial charge in [0.1, 0.15) is 0 Å². The molecule has 0 fully saturated rings. The van der Waals surface area contributed by atoms with Gasteiger partial charge in [0, 0.05) is 35.5 Å². The number of fused-ring (bicyclic) bond motifs is 1. The number of aromatic nitrogens is 2. The van der Waals surface area contributed by atoms with Crippen LogP contribution in [-0.2, 0) is 4.79 Å². The molecule has 0 saturated carbocycles. The average molecular weight is 567 g/mol. The van der Waals surface area contributed by atoms with Crippen molar-refractivity contribution in [1.82, 2.24) is 20.5 Å². The number of benzene rings is 3. The maximum Gasteiger partial charge on any atom is 0.280 e. The van der Waals surface area contributed by atoms with Crippen LogP contribution in [0.5, 0.6) is 0 Å². The zero-order chi connectivity index (χ0) is 27.9. The van der Waals surface area contributed by atoms with E-state index in [1.165, 1.54) is 48.7 Å². The number of hydrogen-bond donors (Lipinski definition) is 2. The summed E-state index contributed by atoms with van der Waals surface area (Å²) in [4.78, 5) is 48.2. The molecule has 0 radical (unpaired) electrons. The van der Waals surface area contributed by atoms with Crippen molar-refractivity contribution in [1.29, 1.82) is 0 Å². The number of carbonyl (C=O) groups is 3. The second-order valence-electron chi connectivity index (χ2n) is 8.21. The second-order valence-corrected chi connectivity index (χ2v) is 9.05. The van der Waals surface area contributed by atoms with Gasteiger partial charge in [0.25, 0.3) is 17.5 Å². The van der Waals surface area contributed by atoms with Crippen molar-refractivity contribution >= 4 is 63.7 Å². The Morgan fingerprint density at radius 1 is 1.05 bits per heavy atom. The summed E-state index contributed by atoms with van der Waals surface area (Å²) in [6.45, 7) is 0.177. The Kier molecular flexibility index (Phi) is 8.64. The zero-order valence-corrected chi connectivity index (χ0v) is 21.6. The van der Waals surface area contributed by atoms with E-state index in [0.717, 1.165) is 4.68 Å². The third kappa shape index (κ3) is 6.64. The summed E-state index contributed by atoms with van der Waals surface area (Å²) in [5, 5.41) is 22.5. The number of hydrogen-bond acceptors (Lipinski definition) is 7. The van der Waals surface area contributed by atoms with Crippen LogP contribution in [0.4, 0.5) is 5.69 Å². The van der Waals surface area contributed by atoms with Crippen molar-refractivity contribution in [3.8, 4) is 0 Å². The van der Waals surface area contributed by atoms with Crippen molar-refractivity contribution in [2.45, 2.75) is 12.8 Å².